The summed E-state index contributed by atoms with van der Waals surface area (Å²) in [5, 5.41) is 5.17. The van der Waals surface area contributed by atoms with Gasteiger partial charge in [0.25, 0.3) is 0 Å². The number of fused-ring (bicyclic) bond motifs is 1. The van der Waals surface area contributed by atoms with Gasteiger partial charge in [-0.2, -0.15) is 0 Å². The topological polar surface area (TPSA) is 61.4 Å². The van der Waals surface area contributed by atoms with Gasteiger partial charge in [0, 0.05) is 0 Å². The maximum absolute atomic E-state index is 13.6. The zero-order valence-electron chi connectivity index (χ0n) is 16.0. The van der Waals surface area contributed by atoms with Gasteiger partial charge in [-0.15, -0.1) is 0 Å². The number of carbonyl (C=O) groups excluding carboxylic acids is 2. The van der Waals surface area contributed by atoms with Gasteiger partial charge in [0.1, 0.15) is 0 Å². The number of amides is 2. The van der Waals surface area contributed by atoms with Crippen molar-refractivity contribution in [2.45, 2.75) is 25.3 Å². The molecule has 0 unspecified atom stereocenters. The van der Waals surface area contributed by atoms with Gasteiger partial charge in [-0.1, -0.05) is 24.3 Å². The monoisotopic (exact) mass is 405 g/mol. The van der Waals surface area contributed by atoms with Crippen LogP contribution in [0.2, 0.25) is 0 Å². The summed E-state index contributed by atoms with van der Waals surface area (Å²) >= 11 is 0. The zero-order valence-corrected chi connectivity index (χ0v) is 16.0. The molecule has 0 aliphatic heterocycles. The first-order valence-electron chi connectivity index (χ1n) is 9.34. The molecule has 1 aliphatic carbocycles. The van der Waals surface area contributed by atoms with Crippen LogP contribution in [0, 0.1) is 17.5 Å². The van der Waals surface area contributed by atoms with Crippen LogP contribution in [-0.4, -0.2) is 36.9 Å². The summed E-state index contributed by atoms with van der Waals surface area (Å²) in [6.07, 6.45) is 2.82. The number of hydrogen-bond donors (Lipinski definition) is 2. The minimum atomic E-state index is -1.65. The second kappa shape index (κ2) is 9.09. The van der Waals surface area contributed by atoms with E-state index in [9.17, 15) is 22.8 Å². The normalized spacial score (nSPS) is 15.7. The predicted octanol–water partition coefficient (Wildman–Crippen LogP) is 3.17. The number of nitrogens with one attached hydrogen (secondary N) is 2. The molecule has 154 valence electrons. The molecule has 1 atom stereocenters. The Balaban J connectivity index is 1.52. The lowest BCUT2D eigenvalue weighted by molar-refractivity contribution is -0.123. The van der Waals surface area contributed by atoms with Gasteiger partial charge in [0.15, 0.2) is 17.5 Å². The molecule has 0 radical (unpaired) electrons. The van der Waals surface area contributed by atoms with E-state index in [-0.39, 0.29) is 25.0 Å². The van der Waals surface area contributed by atoms with E-state index in [4.69, 9.17) is 0 Å². The molecule has 2 aromatic rings. The fourth-order valence-corrected chi connectivity index (χ4v) is 3.50. The fourth-order valence-electron chi connectivity index (χ4n) is 3.50. The number of nitrogens with zero attached hydrogens (tertiary/aromatic N) is 1. The molecule has 5 nitrogen and oxygen atoms in total. The summed E-state index contributed by atoms with van der Waals surface area (Å²) in [5.41, 5.74) is 1.89. The third kappa shape index (κ3) is 5.14. The number of carbonyl (C=O) groups is 2. The number of halogens is 3. The van der Waals surface area contributed by atoms with Crippen LogP contribution in [0.4, 0.5) is 18.9 Å². The number of likely N-dealkylation sites (N-methyl/N-ethyl adjacent to an activating group) is 1. The maximum atomic E-state index is 13.6. The van der Waals surface area contributed by atoms with Crippen molar-refractivity contribution in [3.63, 3.8) is 0 Å². The summed E-state index contributed by atoms with van der Waals surface area (Å²) < 4.78 is 39.8. The van der Waals surface area contributed by atoms with Crippen molar-refractivity contribution >= 4 is 17.5 Å². The Bertz CT molecular complexity index is 920. The standard InChI is InChI=1S/C21H22F3N3O2/c1-27(12-19(29)26-17-10-9-15(22)20(23)21(17)24)11-18(28)25-16-8-4-6-13-5-2-3-7-14(13)16/h2-3,5,7,9-10,16H,4,6,8,11-12H2,1H3,(H,25,28)(H,26,29)/t16-/m1/s1. The molecule has 1 aliphatic rings. The molecule has 2 amide bonds. The van der Waals surface area contributed by atoms with Crippen LogP contribution >= 0.6 is 0 Å². The Morgan fingerprint density at radius 3 is 2.55 bits per heavy atom. The SMILES string of the molecule is CN(CC(=O)Nc1ccc(F)c(F)c1F)CC(=O)N[C@@H]1CCCc2ccccc21. The predicted molar refractivity (Wildman–Crippen MR) is 103 cm³/mol. The van der Waals surface area contributed by atoms with E-state index in [0.29, 0.717) is 0 Å². The first kappa shape index (κ1) is 20.9. The van der Waals surface area contributed by atoms with Crippen LogP contribution in [0.15, 0.2) is 36.4 Å². The molecule has 2 aromatic carbocycles. The summed E-state index contributed by atoms with van der Waals surface area (Å²) in [7, 11) is 1.57. The van der Waals surface area contributed by atoms with Gasteiger partial charge in [-0.25, -0.2) is 13.2 Å². The van der Waals surface area contributed by atoms with Crippen LogP contribution < -0.4 is 10.6 Å². The molecule has 0 bridgehead atoms. The van der Waals surface area contributed by atoms with Crippen molar-refractivity contribution in [1.82, 2.24) is 10.2 Å². The summed E-state index contributed by atoms with van der Waals surface area (Å²) in [6.45, 7) is -0.251. The highest BCUT2D eigenvalue weighted by Crippen LogP contribution is 2.29. The van der Waals surface area contributed by atoms with Crippen LogP contribution in [-0.2, 0) is 16.0 Å². The lowest BCUT2D eigenvalue weighted by atomic mass is 9.88. The van der Waals surface area contributed by atoms with Crippen LogP contribution in [0.1, 0.15) is 30.0 Å². The molecule has 0 saturated heterocycles. The highest BCUT2D eigenvalue weighted by atomic mass is 19.2. The third-order valence-electron chi connectivity index (χ3n) is 4.84. The Morgan fingerprint density at radius 2 is 1.76 bits per heavy atom. The van der Waals surface area contributed by atoms with Gasteiger partial charge in [0.2, 0.25) is 11.8 Å². The molecular formula is C21H22F3N3O2. The maximum Gasteiger partial charge on any atom is 0.238 e. The summed E-state index contributed by atoms with van der Waals surface area (Å²) in [6, 6.07) is 9.59. The summed E-state index contributed by atoms with van der Waals surface area (Å²) in [5.74, 6) is -5.33. The third-order valence-corrected chi connectivity index (χ3v) is 4.84. The average molecular weight is 405 g/mol. The van der Waals surface area contributed by atoms with E-state index >= 15 is 0 Å². The van der Waals surface area contributed by atoms with Crippen molar-refractivity contribution in [2.75, 3.05) is 25.5 Å². The largest absolute Gasteiger partial charge is 0.348 e. The van der Waals surface area contributed by atoms with E-state index in [1.54, 1.807) is 7.05 Å². The van der Waals surface area contributed by atoms with Gasteiger partial charge in [-0.3, -0.25) is 14.5 Å². The lowest BCUT2D eigenvalue weighted by Crippen LogP contribution is -2.40. The molecule has 0 spiro atoms. The Kier molecular flexibility index (Phi) is 6.53. The minimum Gasteiger partial charge on any atom is -0.348 e. The number of rotatable bonds is 6. The Hall–Kier alpha value is -2.87. The molecule has 8 heteroatoms. The highest BCUT2D eigenvalue weighted by Gasteiger charge is 2.22. The van der Waals surface area contributed by atoms with Gasteiger partial charge in [-0.05, 0) is 49.6 Å². The van der Waals surface area contributed by atoms with E-state index in [2.05, 4.69) is 16.7 Å². The van der Waals surface area contributed by atoms with E-state index in [0.717, 1.165) is 37.0 Å². The number of aryl methyl sites for hydroxylation is 1. The van der Waals surface area contributed by atoms with E-state index in [1.165, 1.54) is 10.5 Å². The van der Waals surface area contributed by atoms with Crippen molar-refractivity contribution in [2.24, 2.45) is 0 Å². The van der Waals surface area contributed by atoms with Gasteiger partial charge in [0.05, 0.1) is 24.8 Å². The number of anilines is 1. The number of benzene rings is 2. The van der Waals surface area contributed by atoms with E-state index in [1.807, 2.05) is 18.2 Å². The molecule has 0 fully saturated rings. The fraction of sp³-hybridized carbons (Fsp3) is 0.333. The quantitative estimate of drug-likeness (QED) is 0.726. The molecule has 29 heavy (non-hydrogen) atoms. The molecule has 0 aromatic heterocycles. The first-order chi connectivity index (χ1) is 13.8. The smallest absolute Gasteiger partial charge is 0.238 e. The second-order valence-electron chi connectivity index (χ2n) is 7.15. The number of hydrogen-bond acceptors (Lipinski definition) is 3. The van der Waals surface area contributed by atoms with Crippen molar-refractivity contribution < 1.29 is 22.8 Å². The Morgan fingerprint density at radius 1 is 1.03 bits per heavy atom. The lowest BCUT2D eigenvalue weighted by Gasteiger charge is -2.27. The highest BCUT2D eigenvalue weighted by molar-refractivity contribution is 5.92. The molecule has 0 saturated carbocycles. The van der Waals surface area contributed by atoms with Crippen LogP contribution in [0.3, 0.4) is 0 Å². The first-order valence-corrected chi connectivity index (χ1v) is 9.34. The van der Waals surface area contributed by atoms with Crippen molar-refractivity contribution in [3.8, 4) is 0 Å². The van der Waals surface area contributed by atoms with Crippen LogP contribution in [0.5, 0.6) is 0 Å². The molecular weight excluding hydrogens is 383 g/mol. The average Bonchev–Trinajstić information content (AvgIpc) is 2.68. The molecule has 3 rings (SSSR count). The van der Waals surface area contributed by atoms with Crippen molar-refractivity contribution in [3.05, 3.63) is 65.0 Å². The zero-order chi connectivity index (χ0) is 21.0. The summed E-state index contributed by atoms with van der Waals surface area (Å²) in [4.78, 5) is 25.9. The molecule has 2 N–H and O–H groups in total. The molecule has 0 heterocycles. The van der Waals surface area contributed by atoms with Crippen molar-refractivity contribution in [1.29, 1.82) is 0 Å². The van der Waals surface area contributed by atoms with E-state index < -0.39 is 29.0 Å². The van der Waals surface area contributed by atoms with Gasteiger partial charge >= 0.3 is 0 Å². The minimum absolute atomic E-state index is 0.0354. The second-order valence-corrected chi connectivity index (χ2v) is 7.15. The Labute approximate surface area is 166 Å². The van der Waals surface area contributed by atoms with Crippen LogP contribution in [0.25, 0.3) is 0 Å². The van der Waals surface area contributed by atoms with Gasteiger partial charge < -0.3 is 10.6 Å².